The molecule has 1 aromatic heterocycles. The molecular weight excluding hydrogens is 287 g/mol. The van der Waals surface area contributed by atoms with Gasteiger partial charge in [0.15, 0.2) is 0 Å². The van der Waals surface area contributed by atoms with Gasteiger partial charge in [-0.05, 0) is 35.0 Å². The normalized spacial score (nSPS) is 14.1. The van der Waals surface area contributed by atoms with Crippen molar-refractivity contribution in [3.63, 3.8) is 0 Å². The lowest BCUT2D eigenvalue weighted by molar-refractivity contribution is -0.141. The minimum Gasteiger partial charge on any atom is -0.466 e. The van der Waals surface area contributed by atoms with Crippen molar-refractivity contribution in [2.45, 2.75) is 32.0 Å². The molecule has 0 aromatic carbocycles. The summed E-state index contributed by atoms with van der Waals surface area (Å²) in [5, 5.41) is 2.83. The zero-order chi connectivity index (χ0) is 12.2. The first-order chi connectivity index (χ1) is 7.44. The zero-order valence-corrected chi connectivity index (χ0v) is 10.4. The molecule has 0 bridgehead atoms. The van der Waals surface area contributed by atoms with Crippen molar-refractivity contribution in [2.24, 2.45) is 0 Å². The fraction of sp³-hybridized carbons (Fsp3) is 0.600. The van der Waals surface area contributed by atoms with Gasteiger partial charge in [-0.2, -0.15) is 13.2 Å². The highest BCUT2D eigenvalue weighted by Gasteiger charge is 2.34. The van der Waals surface area contributed by atoms with Gasteiger partial charge in [-0.1, -0.05) is 6.92 Å². The molecule has 0 aliphatic rings. The average Bonchev–Trinajstić information content (AvgIpc) is 2.57. The van der Waals surface area contributed by atoms with Crippen LogP contribution in [0.15, 0.2) is 21.2 Å². The first-order valence-electron chi connectivity index (χ1n) is 4.97. The molecule has 16 heavy (non-hydrogen) atoms. The molecule has 0 fully saturated rings. The number of hydrogen-bond donors (Lipinski definition) is 1. The van der Waals surface area contributed by atoms with Gasteiger partial charge in [0.25, 0.3) is 0 Å². The lowest BCUT2D eigenvalue weighted by atomic mass is 10.1. The Morgan fingerprint density at radius 2 is 2.19 bits per heavy atom. The second-order valence-corrected chi connectivity index (χ2v) is 4.31. The third-order valence-corrected chi connectivity index (χ3v) is 2.69. The van der Waals surface area contributed by atoms with Crippen LogP contribution in [0.25, 0.3) is 0 Å². The Hall–Kier alpha value is -0.490. The Bertz CT molecular complexity index is 324. The van der Waals surface area contributed by atoms with Gasteiger partial charge in [-0.25, -0.2) is 0 Å². The van der Waals surface area contributed by atoms with Crippen molar-refractivity contribution in [2.75, 3.05) is 6.54 Å². The van der Waals surface area contributed by atoms with Gasteiger partial charge in [-0.15, -0.1) is 0 Å². The summed E-state index contributed by atoms with van der Waals surface area (Å²) < 4.78 is 42.7. The van der Waals surface area contributed by atoms with Gasteiger partial charge in [0.1, 0.15) is 5.76 Å². The van der Waals surface area contributed by atoms with E-state index >= 15 is 0 Å². The van der Waals surface area contributed by atoms with E-state index in [1.165, 1.54) is 6.26 Å². The van der Waals surface area contributed by atoms with Crippen LogP contribution in [-0.4, -0.2) is 12.7 Å². The highest BCUT2D eigenvalue weighted by Crippen LogP contribution is 2.33. The zero-order valence-electron chi connectivity index (χ0n) is 8.77. The first kappa shape index (κ1) is 13.6. The van der Waals surface area contributed by atoms with Gasteiger partial charge in [0.2, 0.25) is 0 Å². The maximum Gasteiger partial charge on any atom is 0.391 e. The van der Waals surface area contributed by atoms with E-state index in [1.807, 2.05) is 6.92 Å². The van der Waals surface area contributed by atoms with Crippen LogP contribution >= 0.6 is 15.9 Å². The van der Waals surface area contributed by atoms with Crippen molar-refractivity contribution >= 4 is 15.9 Å². The Morgan fingerprint density at radius 1 is 1.50 bits per heavy atom. The molecule has 1 atom stereocenters. The Kier molecular flexibility index (Phi) is 4.86. The molecule has 0 amide bonds. The summed E-state index contributed by atoms with van der Waals surface area (Å²) in [6.45, 7) is 2.42. The van der Waals surface area contributed by atoms with Gasteiger partial charge in [0.05, 0.1) is 23.2 Å². The molecule has 0 aliphatic heterocycles. The smallest absolute Gasteiger partial charge is 0.391 e. The monoisotopic (exact) mass is 299 g/mol. The molecule has 0 saturated heterocycles. The summed E-state index contributed by atoms with van der Waals surface area (Å²) in [5.41, 5.74) is 0. The van der Waals surface area contributed by atoms with Gasteiger partial charge < -0.3 is 9.73 Å². The molecule has 1 rings (SSSR count). The lowest BCUT2D eigenvalue weighted by Crippen LogP contribution is -2.27. The molecule has 0 radical (unpaired) electrons. The van der Waals surface area contributed by atoms with E-state index < -0.39 is 18.6 Å². The van der Waals surface area contributed by atoms with E-state index in [4.69, 9.17) is 4.42 Å². The molecule has 2 nitrogen and oxygen atoms in total. The van der Waals surface area contributed by atoms with Crippen LogP contribution in [0.5, 0.6) is 0 Å². The fourth-order valence-corrected chi connectivity index (χ4v) is 1.84. The Balaban J connectivity index is 2.75. The van der Waals surface area contributed by atoms with E-state index in [1.54, 1.807) is 6.07 Å². The Morgan fingerprint density at radius 3 is 2.62 bits per heavy atom. The minimum absolute atomic E-state index is 0.297. The van der Waals surface area contributed by atoms with E-state index in [0.29, 0.717) is 16.8 Å². The van der Waals surface area contributed by atoms with Crippen LogP contribution in [0.2, 0.25) is 0 Å². The molecule has 0 spiro atoms. The second-order valence-electron chi connectivity index (χ2n) is 3.46. The quantitative estimate of drug-likeness (QED) is 0.888. The predicted octanol–water partition coefficient (Wildman–Crippen LogP) is 4.04. The van der Waals surface area contributed by atoms with Crippen molar-refractivity contribution in [1.29, 1.82) is 0 Å². The maximum atomic E-state index is 12.4. The van der Waals surface area contributed by atoms with Crippen LogP contribution < -0.4 is 5.32 Å². The molecule has 1 aromatic rings. The summed E-state index contributed by atoms with van der Waals surface area (Å²) in [6.07, 6.45) is -3.00. The largest absolute Gasteiger partial charge is 0.466 e. The topological polar surface area (TPSA) is 25.2 Å². The molecule has 1 heterocycles. The number of alkyl halides is 3. The van der Waals surface area contributed by atoms with E-state index in [-0.39, 0.29) is 0 Å². The molecular formula is C10H13BrF3NO. The standard InChI is InChI=1S/C10H13BrF3NO/c1-2-4-15-8(6-10(12,13)14)9-7(11)3-5-16-9/h3,5,8,15H,2,4,6H2,1H3. The molecule has 1 unspecified atom stereocenters. The minimum atomic E-state index is -4.21. The van der Waals surface area contributed by atoms with Crippen LogP contribution in [-0.2, 0) is 0 Å². The SMILES string of the molecule is CCCNC(CC(F)(F)F)c1occc1Br. The summed E-state index contributed by atoms with van der Waals surface area (Å²) in [5.74, 6) is 0.297. The van der Waals surface area contributed by atoms with Crippen molar-refractivity contribution < 1.29 is 17.6 Å². The van der Waals surface area contributed by atoms with Gasteiger partial charge in [-0.3, -0.25) is 0 Å². The molecule has 1 N–H and O–H groups in total. The maximum absolute atomic E-state index is 12.4. The first-order valence-corrected chi connectivity index (χ1v) is 5.76. The van der Waals surface area contributed by atoms with E-state index in [9.17, 15) is 13.2 Å². The van der Waals surface area contributed by atoms with E-state index in [2.05, 4.69) is 21.2 Å². The highest BCUT2D eigenvalue weighted by atomic mass is 79.9. The summed E-state index contributed by atoms with van der Waals surface area (Å²) in [7, 11) is 0. The highest BCUT2D eigenvalue weighted by molar-refractivity contribution is 9.10. The van der Waals surface area contributed by atoms with E-state index in [0.717, 1.165) is 6.42 Å². The number of nitrogens with one attached hydrogen (secondary N) is 1. The molecule has 0 aliphatic carbocycles. The van der Waals surface area contributed by atoms with Crippen LogP contribution in [0.4, 0.5) is 13.2 Å². The third kappa shape index (κ3) is 4.17. The van der Waals surface area contributed by atoms with Gasteiger partial charge >= 0.3 is 6.18 Å². The predicted molar refractivity (Wildman–Crippen MR) is 58.1 cm³/mol. The number of furan rings is 1. The average molecular weight is 300 g/mol. The van der Waals surface area contributed by atoms with Crippen molar-refractivity contribution in [3.8, 4) is 0 Å². The van der Waals surface area contributed by atoms with Crippen LogP contribution in [0.3, 0.4) is 0 Å². The van der Waals surface area contributed by atoms with Gasteiger partial charge in [0, 0.05) is 0 Å². The van der Waals surface area contributed by atoms with Crippen molar-refractivity contribution in [1.82, 2.24) is 5.32 Å². The summed E-state index contributed by atoms with van der Waals surface area (Å²) in [6, 6.07) is 0.760. The number of hydrogen-bond acceptors (Lipinski definition) is 2. The molecule has 0 saturated carbocycles. The molecule has 6 heteroatoms. The summed E-state index contributed by atoms with van der Waals surface area (Å²) in [4.78, 5) is 0. The van der Waals surface area contributed by atoms with Crippen molar-refractivity contribution in [3.05, 3.63) is 22.6 Å². The molecule has 92 valence electrons. The summed E-state index contributed by atoms with van der Waals surface area (Å²) >= 11 is 3.17. The number of halogens is 4. The fourth-order valence-electron chi connectivity index (χ4n) is 1.36. The third-order valence-electron chi connectivity index (χ3n) is 2.04. The number of rotatable bonds is 5. The second kappa shape index (κ2) is 5.72. The van der Waals surface area contributed by atoms with Crippen LogP contribution in [0.1, 0.15) is 31.6 Å². The van der Waals surface area contributed by atoms with Crippen LogP contribution in [0, 0.1) is 0 Å². The Labute approximate surface area is 100 Å². The lowest BCUT2D eigenvalue weighted by Gasteiger charge is -2.18.